The van der Waals surface area contributed by atoms with Crippen LogP contribution in [-0.4, -0.2) is 53.3 Å². The Labute approximate surface area is 225 Å². The van der Waals surface area contributed by atoms with E-state index in [1.165, 1.54) is 12.6 Å². The number of aliphatic hydroxyl groups excluding tert-OH is 1. The number of carboxylic acid groups (broad SMARTS) is 1. The average Bonchev–Trinajstić information content (AvgIpc) is 3.28. The number of fused-ring (bicyclic) bond motifs is 1. The van der Waals surface area contributed by atoms with Crippen molar-refractivity contribution in [2.45, 2.75) is 79.2 Å². The SMILES string of the molecule is CCC(CC)(c1ccc(OCC(O)C(C)(C)C)c(C)c1)C1C=c2cc(C(=O)N(C)CC(=O)O)oc2=C(C)C1. The first kappa shape index (κ1) is 29.5. The van der Waals surface area contributed by atoms with E-state index >= 15 is 0 Å². The molecule has 1 aromatic carbocycles. The number of hydrogen-bond donors (Lipinski definition) is 2. The maximum Gasteiger partial charge on any atom is 0.323 e. The number of carboxylic acids is 1. The molecule has 2 atom stereocenters. The summed E-state index contributed by atoms with van der Waals surface area (Å²) in [7, 11) is 1.46. The van der Waals surface area contributed by atoms with Gasteiger partial charge < -0.3 is 24.3 Å². The molecule has 2 unspecified atom stereocenters. The first-order valence-electron chi connectivity index (χ1n) is 13.4. The molecule has 0 fully saturated rings. The molecular formula is C31H43NO6. The van der Waals surface area contributed by atoms with Crippen molar-refractivity contribution in [2.75, 3.05) is 20.2 Å². The molecule has 0 saturated carbocycles. The number of benzene rings is 1. The Balaban J connectivity index is 1.94. The Hall–Kier alpha value is -3.06. The molecule has 3 rings (SSSR count). The lowest BCUT2D eigenvalue weighted by atomic mass is 9.63. The molecule has 0 saturated heterocycles. The van der Waals surface area contributed by atoms with Crippen LogP contribution in [0.15, 0.2) is 28.7 Å². The molecular weight excluding hydrogens is 482 g/mol. The molecule has 7 heteroatoms. The van der Waals surface area contributed by atoms with Crippen molar-refractivity contribution in [3.8, 4) is 5.75 Å². The van der Waals surface area contributed by atoms with E-state index < -0.39 is 18.0 Å². The highest BCUT2D eigenvalue weighted by Gasteiger charge is 2.38. The predicted octanol–water partition coefficient (Wildman–Crippen LogP) is 4.26. The van der Waals surface area contributed by atoms with Crippen molar-refractivity contribution in [1.82, 2.24) is 4.90 Å². The first-order chi connectivity index (χ1) is 17.7. The van der Waals surface area contributed by atoms with Crippen molar-refractivity contribution in [2.24, 2.45) is 11.3 Å². The number of carbonyl (C=O) groups excluding carboxylic acids is 1. The lowest BCUT2D eigenvalue weighted by Gasteiger charge is -2.40. The van der Waals surface area contributed by atoms with Crippen LogP contribution in [-0.2, 0) is 10.2 Å². The van der Waals surface area contributed by atoms with Crippen LogP contribution in [0.2, 0.25) is 0 Å². The van der Waals surface area contributed by atoms with Crippen LogP contribution in [0.4, 0.5) is 0 Å². The zero-order valence-electron chi connectivity index (χ0n) is 24.1. The second-order valence-electron chi connectivity index (χ2n) is 11.7. The summed E-state index contributed by atoms with van der Waals surface area (Å²) < 4.78 is 11.9. The predicted molar refractivity (Wildman–Crippen MR) is 149 cm³/mol. The van der Waals surface area contributed by atoms with Crippen molar-refractivity contribution in [3.63, 3.8) is 0 Å². The third-order valence-electron chi connectivity index (χ3n) is 8.10. The average molecular weight is 526 g/mol. The van der Waals surface area contributed by atoms with Crippen LogP contribution in [0.3, 0.4) is 0 Å². The largest absolute Gasteiger partial charge is 0.491 e. The lowest BCUT2D eigenvalue weighted by Crippen LogP contribution is -2.39. The molecule has 1 heterocycles. The fourth-order valence-electron chi connectivity index (χ4n) is 5.42. The van der Waals surface area contributed by atoms with Crippen molar-refractivity contribution < 1.29 is 29.0 Å². The van der Waals surface area contributed by atoms with Crippen molar-refractivity contribution in [3.05, 3.63) is 51.8 Å². The van der Waals surface area contributed by atoms with Gasteiger partial charge in [0.15, 0.2) is 5.76 Å². The van der Waals surface area contributed by atoms with Gasteiger partial charge >= 0.3 is 5.97 Å². The normalized spacial score (nSPS) is 16.4. The number of rotatable bonds is 10. The van der Waals surface area contributed by atoms with Crippen LogP contribution >= 0.6 is 0 Å². The van der Waals surface area contributed by atoms with Gasteiger partial charge in [-0.3, -0.25) is 9.59 Å². The van der Waals surface area contributed by atoms with Gasteiger partial charge in [-0.2, -0.15) is 0 Å². The minimum absolute atomic E-state index is 0.130. The van der Waals surface area contributed by atoms with E-state index in [-0.39, 0.29) is 35.7 Å². The number of aliphatic hydroxyl groups is 1. The van der Waals surface area contributed by atoms with Crippen molar-refractivity contribution in [1.29, 1.82) is 0 Å². The van der Waals surface area contributed by atoms with Crippen LogP contribution in [0.25, 0.3) is 11.6 Å². The molecule has 7 nitrogen and oxygen atoms in total. The molecule has 2 N–H and O–H groups in total. The molecule has 208 valence electrons. The van der Waals surface area contributed by atoms with Gasteiger partial charge in [0, 0.05) is 17.7 Å². The molecule has 1 aliphatic rings. The third kappa shape index (κ3) is 5.98. The number of carbonyl (C=O) groups is 2. The molecule has 38 heavy (non-hydrogen) atoms. The number of amides is 1. The van der Waals surface area contributed by atoms with Crippen LogP contribution in [0.1, 0.15) is 82.5 Å². The van der Waals surface area contributed by atoms with Gasteiger partial charge in [0.05, 0.1) is 6.10 Å². The van der Waals surface area contributed by atoms with E-state index in [2.05, 4.69) is 32.1 Å². The Morgan fingerprint density at radius 2 is 1.82 bits per heavy atom. The quantitative estimate of drug-likeness (QED) is 0.481. The van der Waals surface area contributed by atoms with Crippen LogP contribution in [0.5, 0.6) is 5.75 Å². The first-order valence-corrected chi connectivity index (χ1v) is 13.4. The third-order valence-corrected chi connectivity index (χ3v) is 8.10. The van der Waals surface area contributed by atoms with Crippen LogP contribution < -0.4 is 15.4 Å². The minimum Gasteiger partial charge on any atom is -0.491 e. The number of aryl methyl sites for hydroxylation is 1. The summed E-state index contributed by atoms with van der Waals surface area (Å²) >= 11 is 0. The number of nitrogens with zero attached hydrogens (tertiary/aromatic N) is 1. The highest BCUT2D eigenvalue weighted by Crippen LogP contribution is 2.44. The molecule has 2 aromatic rings. The summed E-state index contributed by atoms with van der Waals surface area (Å²) in [5, 5.41) is 20.3. The number of hydrogen-bond acceptors (Lipinski definition) is 5. The number of aliphatic carboxylic acids is 1. The van der Waals surface area contributed by atoms with E-state index in [0.717, 1.165) is 46.3 Å². The second kappa shape index (κ2) is 11.4. The summed E-state index contributed by atoms with van der Waals surface area (Å²) in [6.45, 7) is 14.3. The summed E-state index contributed by atoms with van der Waals surface area (Å²) in [5.74, 6) is -0.391. The maximum absolute atomic E-state index is 12.8. The standard InChI is InChI=1S/C31H43NO6/c1-9-31(10-2,22-11-12-24(19(3)13-22)37-18-26(33)30(5,6)7)23-14-20(4)28-21(15-23)16-25(38-28)29(36)32(8)17-27(34)35/h11-13,15-16,23,26,33H,9-10,14,17-18H2,1-8H3,(H,34,35). The van der Waals surface area contributed by atoms with Gasteiger partial charge in [0.25, 0.3) is 5.91 Å². The monoisotopic (exact) mass is 525 g/mol. The molecule has 1 amide bonds. The topological polar surface area (TPSA) is 100 Å². The van der Waals surface area contributed by atoms with E-state index in [0.29, 0.717) is 5.42 Å². The Bertz CT molecular complexity index is 1290. The van der Waals surface area contributed by atoms with Gasteiger partial charge in [-0.25, -0.2) is 0 Å². The molecule has 0 bridgehead atoms. The summed E-state index contributed by atoms with van der Waals surface area (Å²) in [6.07, 6.45) is 4.32. The second-order valence-corrected chi connectivity index (χ2v) is 11.7. The zero-order valence-corrected chi connectivity index (χ0v) is 24.1. The van der Waals surface area contributed by atoms with Crippen molar-refractivity contribution >= 4 is 23.5 Å². The maximum atomic E-state index is 12.8. The van der Waals surface area contributed by atoms with E-state index in [1.807, 2.05) is 40.7 Å². The highest BCUT2D eigenvalue weighted by molar-refractivity contribution is 5.93. The van der Waals surface area contributed by atoms with E-state index in [4.69, 9.17) is 14.3 Å². The lowest BCUT2D eigenvalue weighted by molar-refractivity contribution is -0.137. The molecule has 1 aliphatic carbocycles. The fourth-order valence-corrected chi connectivity index (χ4v) is 5.42. The summed E-state index contributed by atoms with van der Waals surface area (Å²) in [4.78, 5) is 24.9. The van der Waals surface area contributed by atoms with E-state index in [9.17, 15) is 14.7 Å². The number of likely N-dealkylation sites (N-methyl/N-ethyl adjacent to an activating group) is 1. The van der Waals surface area contributed by atoms with Gasteiger partial charge in [0.1, 0.15) is 24.3 Å². The van der Waals surface area contributed by atoms with Gasteiger partial charge in [-0.1, -0.05) is 52.8 Å². The molecule has 0 spiro atoms. The Kier molecular flexibility index (Phi) is 8.82. The van der Waals surface area contributed by atoms with Gasteiger partial charge in [-0.05, 0) is 73.3 Å². The Morgan fingerprint density at radius 3 is 2.37 bits per heavy atom. The van der Waals surface area contributed by atoms with Gasteiger partial charge in [-0.15, -0.1) is 0 Å². The highest BCUT2D eigenvalue weighted by atomic mass is 16.5. The van der Waals surface area contributed by atoms with E-state index in [1.54, 1.807) is 6.07 Å². The molecule has 1 aromatic heterocycles. The fraction of sp³-hybridized carbons (Fsp3) is 0.548. The van der Waals surface area contributed by atoms with Crippen LogP contribution in [0, 0.1) is 18.3 Å². The number of ether oxygens (including phenoxy) is 1. The zero-order chi connectivity index (χ0) is 28.4. The number of furan rings is 1. The Morgan fingerprint density at radius 1 is 1.16 bits per heavy atom. The van der Waals surface area contributed by atoms with Gasteiger partial charge in [0.2, 0.25) is 0 Å². The summed E-state index contributed by atoms with van der Waals surface area (Å²) in [6, 6.07) is 8.10. The molecule has 0 radical (unpaired) electrons. The smallest absolute Gasteiger partial charge is 0.323 e. The minimum atomic E-state index is -1.07. The summed E-state index contributed by atoms with van der Waals surface area (Å²) in [5.41, 5.74) is 3.67. The molecule has 0 aliphatic heterocycles.